The Balaban J connectivity index is 1.50. The van der Waals surface area contributed by atoms with Gasteiger partial charge in [-0.3, -0.25) is 0 Å². The third-order valence-electron chi connectivity index (χ3n) is 6.19. The van der Waals surface area contributed by atoms with Crippen LogP contribution in [0.2, 0.25) is 0 Å². The van der Waals surface area contributed by atoms with Gasteiger partial charge in [-0.25, -0.2) is 14.8 Å². The monoisotopic (exact) mass is 423 g/mol. The fourth-order valence-electron chi connectivity index (χ4n) is 4.26. The number of aromatic nitrogens is 2. The second kappa shape index (κ2) is 7.96. The van der Waals surface area contributed by atoms with Crippen molar-refractivity contribution >= 4 is 33.3 Å². The van der Waals surface area contributed by atoms with Gasteiger partial charge in [0, 0.05) is 30.0 Å². The summed E-state index contributed by atoms with van der Waals surface area (Å²) in [5.74, 6) is 1.81. The van der Waals surface area contributed by atoms with Gasteiger partial charge < -0.3 is 14.7 Å². The number of esters is 1. The molecule has 30 heavy (non-hydrogen) atoms. The average molecular weight is 424 g/mol. The molecule has 2 fully saturated rings. The molecule has 1 atom stereocenters. The fourth-order valence-corrected chi connectivity index (χ4v) is 5.21. The number of ether oxygens (including phenoxy) is 1. The van der Waals surface area contributed by atoms with Crippen molar-refractivity contribution in [3.8, 4) is 11.1 Å². The molecule has 0 bridgehead atoms. The first-order valence-electron chi connectivity index (χ1n) is 10.5. The minimum atomic E-state index is -1.05. The molecule has 1 saturated heterocycles. The van der Waals surface area contributed by atoms with E-state index in [0.717, 1.165) is 60.6 Å². The second-order valence-corrected chi connectivity index (χ2v) is 9.03. The number of hydrogen-bond donors (Lipinski definition) is 1. The molecule has 2 aromatic heterocycles. The van der Waals surface area contributed by atoms with Crippen molar-refractivity contribution in [3.05, 3.63) is 41.5 Å². The summed E-state index contributed by atoms with van der Waals surface area (Å²) in [6.07, 6.45) is 2.73. The van der Waals surface area contributed by atoms with Gasteiger partial charge in [-0.1, -0.05) is 30.3 Å². The highest BCUT2D eigenvalue weighted by Gasteiger charge is 2.33. The second-order valence-electron chi connectivity index (χ2n) is 8.17. The van der Waals surface area contributed by atoms with Crippen molar-refractivity contribution in [2.24, 2.45) is 5.92 Å². The van der Waals surface area contributed by atoms with Crippen molar-refractivity contribution in [1.29, 1.82) is 0 Å². The van der Waals surface area contributed by atoms with E-state index in [1.807, 2.05) is 6.07 Å². The lowest BCUT2D eigenvalue weighted by Crippen LogP contribution is -2.41. The quantitative estimate of drug-likeness (QED) is 0.626. The smallest absolute Gasteiger partial charge is 0.334 e. The van der Waals surface area contributed by atoms with Crippen LogP contribution in [-0.4, -0.2) is 47.3 Å². The van der Waals surface area contributed by atoms with Crippen LogP contribution < -0.4 is 4.90 Å². The summed E-state index contributed by atoms with van der Waals surface area (Å²) < 4.78 is 4.72. The summed E-state index contributed by atoms with van der Waals surface area (Å²) in [6.45, 7) is 1.50. The summed E-state index contributed by atoms with van der Waals surface area (Å²) in [6, 6.07) is 10.4. The molecule has 0 radical (unpaired) electrons. The first kappa shape index (κ1) is 19.5. The van der Waals surface area contributed by atoms with Crippen LogP contribution in [0, 0.1) is 5.92 Å². The molecule has 1 aliphatic heterocycles. The maximum absolute atomic E-state index is 11.7. The van der Waals surface area contributed by atoms with E-state index in [4.69, 9.17) is 14.7 Å². The minimum Gasteiger partial charge on any atom is -0.467 e. The van der Waals surface area contributed by atoms with Crippen LogP contribution in [0.3, 0.4) is 0 Å². The first-order chi connectivity index (χ1) is 14.7. The standard InChI is InChI=1S/C23H25N3O3S/c1-29-23(28)19(27)15-9-11-26(12-10-15)21-18-17(14-5-3-2-4-6-14)13-30-22(18)25-20(24-21)16-7-8-16/h2-6,13,15-16,19,27H,7-12H2,1H3. The lowest BCUT2D eigenvalue weighted by Gasteiger charge is -2.34. The number of carbonyl (C=O) groups is 1. The molecule has 0 spiro atoms. The number of piperidine rings is 1. The van der Waals surface area contributed by atoms with Gasteiger partial charge >= 0.3 is 5.97 Å². The Morgan fingerprint density at radius 1 is 1.17 bits per heavy atom. The number of hydrogen-bond acceptors (Lipinski definition) is 7. The molecule has 3 heterocycles. The van der Waals surface area contributed by atoms with E-state index in [1.54, 1.807) is 11.3 Å². The molecule has 2 aliphatic rings. The SMILES string of the molecule is COC(=O)C(O)C1CCN(c2nc(C3CC3)nc3scc(-c4ccccc4)c23)CC1. The summed E-state index contributed by atoms with van der Waals surface area (Å²) >= 11 is 1.68. The van der Waals surface area contributed by atoms with E-state index in [-0.39, 0.29) is 5.92 Å². The molecule has 1 aromatic carbocycles. The molecule has 5 rings (SSSR count). The normalized spacial score (nSPS) is 18.5. The zero-order valence-electron chi connectivity index (χ0n) is 17.0. The molecule has 156 valence electrons. The number of benzene rings is 1. The molecule has 6 nitrogen and oxygen atoms in total. The highest BCUT2D eigenvalue weighted by atomic mass is 32.1. The van der Waals surface area contributed by atoms with Crippen molar-refractivity contribution in [2.75, 3.05) is 25.1 Å². The maximum Gasteiger partial charge on any atom is 0.334 e. The number of methoxy groups -OCH3 is 1. The Hall–Kier alpha value is -2.51. The number of aliphatic hydroxyl groups excluding tert-OH is 1. The van der Waals surface area contributed by atoms with Crippen LogP contribution in [0.5, 0.6) is 0 Å². The van der Waals surface area contributed by atoms with Crippen molar-refractivity contribution in [3.63, 3.8) is 0 Å². The molecular formula is C23H25N3O3S. The largest absolute Gasteiger partial charge is 0.467 e. The lowest BCUT2D eigenvalue weighted by atomic mass is 9.91. The predicted molar refractivity (Wildman–Crippen MR) is 118 cm³/mol. The van der Waals surface area contributed by atoms with E-state index in [1.165, 1.54) is 18.2 Å². The number of aliphatic hydroxyl groups is 1. The van der Waals surface area contributed by atoms with E-state index >= 15 is 0 Å². The Morgan fingerprint density at radius 3 is 2.57 bits per heavy atom. The van der Waals surface area contributed by atoms with E-state index in [0.29, 0.717) is 5.92 Å². The Kier molecular flexibility index (Phi) is 5.16. The Labute approximate surface area is 179 Å². The van der Waals surface area contributed by atoms with Crippen LogP contribution >= 0.6 is 11.3 Å². The van der Waals surface area contributed by atoms with Gasteiger partial charge in [0.2, 0.25) is 0 Å². The van der Waals surface area contributed by atoms with Crippen LogP contribution in [-0.2, 0) is 9.53 Å². The van der Waals surface area contributed by atoms with Crippen molar-refractivity contribution in [1.82, 2.24) is 9.97 Å². The Bertz CT molecular complexity index is 1060. The highest BCUT2D eigenvalue weighted by molar-refractivity contribution is 7.17. The van der Waals surface area contributed by atoms with Crippen LogP contribution in [0.1, 0.15) is 37.4 Å². The molecule has 0 amide bonds. The molecular weight excluding hydrogens is 398 g/mol. The maximum atomic E-state index is 11.7. The number of rotatable bonds is 5. The molecule has 3 aromatic rings. The number of nitrogens with zero attached hydrogens (tertiary/aromatic N) is 3. The van der Waals surface area contributed by atoms with Crippen LogP contribution in [0.4, 0.5) is 5.82 Å². The summed E-state index contributed by atoms with van der Waals surface area (Å²) in [5, 5.41) is 13.5. The van der Waals surface area contributed by atoms with Gasteiger partial charge in [0.1, 0.15) is 16.5 Å². The first-order valence-corrected chi connectivity index (χ1v) is 11.4. The molecule has 1 unspecified atom stereocenters. The predicted octanol–water partition coefficient (Wildman–Crippen LogP) is 3.99. The van der Waals surface area contributed by atoms with Gasteiger partial charge in [-0.15, -0.1) is 11.3 Å². The van der Waals surface area contributed by atoms with E-state index in [9.17, 15) is 9.90 Å². The van der Waals surface area contributed by atoms with Gasteiger partial charge in [0.15, 0.2) is 6.10 Å². The number of fused-ring (bicyclic) bond motifs is 1. The highest BCUT2D eigenvalue weighted by Crippen LogP contribution is 2.44. The van der Waals surface area contributed by atoms with Gasteiger partial charge in [0.05, 0.1) is 12.5 Å². The van der Waals surface area contributed by atoms with Crippen LogP contribution in [0.25, 0.3) is 21.3 Å². The average Bonchev–Trinajstić information content (AvgIpc) is 3.57. The molecule has 1 saturated carbocycles. The van der Waals surface area contributed by atoms with Crippen molar-refractivity contribution in [2.45, 2.75) is 37.7 Å². The number of anilines is 1. The fraction of sp³-hybridized carbons (Fsp3) is 0.435. The molecule has 1 aliphatic carbocycles. The number of thiophene rings is 1. The van der Waals surface area contributed by atoms with Gasteiger partial charge in [0.25, 0.3) is 0 Å². The van der Waals surface area contributed by atoms with E-state index < -0.39 is 12.1 Å². The van der Waals surface area contributed by atoms with Crippen molar-refractivity contribution < 1.29 is 14.6 Å². The third-order valence-corrected chi connectivity index (χ3v) is 7.06. The third kappa shape index (κ3) is 3.56. The lowest BCUT2D eigenvalue weighted by molar-refractivity contribution is -0.153. The summed E-state index contributed by atoms with van der Waals surface area (Å²) in [7, 11) is 1.32. The Morgan fingerprint density at radius 2 is 1.90 bits per heavy atom. The zero-order chi connectivity index (χ0) is 20.7. The summed E-state index contributed by atoms with van der Waals surface area (Å²) in [4.78, 5) is 25.0. The zero-order valence-corrected chi connectivity index (χ0v) is 17.8. The summed E-state index contributed by atoms with van der Waals surface area (Å²) in [5.41, 5.74) is 2.34. The minimum absolute atomic E-state index is 0.0787. The molecule has 7 heteroatoms. The van der Waals surface area contributed by atoms with Crippen LogP contribution in [0.15, 0.2) is 35.7 Å². The topological polar surface area (TPSA) is 75.6 Å². The van der Waals surface area contributed by atoms with Gasteiger partial charge in [-0.05, 0) is 37.2 Å². The van der Waals surface area contributed by atoms with Gasteiger partial charge in [-0.2, -0.15) is 0 Å². The number of carbonyl (C=O) groups excluding carboxylic acids is 1. The van der Waals surface area contributed by atoms with E-state index in [2.05, 4.69) is 34.5 Å². The molecule has 1 N–H and O–H groups in total.